The summed E-state index contributed by atoms with van der Waals surface area (Å²) < 4.78 is 36.0. The molecule has 0 saturated heterocycles. The Bertz CT molecular complexity index is 989. The Morgan fingerprint density at radius 3 is 2.48 bits per heavy atom. The van der Waals surface area contributed by atoms with Gasteiger partial charge >= 0.3 is 0 Å². The molecule has 0 saturated carbocycles. The number of halogens is 1. The third kappa shape index (κ3) is 4.73. The summed E-state index contributed by atoms with van der Waals surface area (Å²) in [5, 5.41) is 3.85. The highest BCUT2D eigenvalue weighted by molar-refractivity contribution is 7.89. The molecule has 0 unspecified atom stereocenters. The smallest absolute Gasteiger partial charge is 0.151 e. The fourth-order valence-corrected chi connectivity index (χ4v) is 3.40. The molecule has 0 bridgehead atoms. The van der Waals surface area contributed by atoms with Crippen LogP contribution in [0.2, 0.25) is 0 Å². The van der Waals surface area contributed by atoms with Crippen molar-refractivity contribution >= 4 is 26.6 Å². The maximum Gasteiger partial charge on any atom is 0.151 e. The van der Waals surface area contributed by atoms with Crippen molar-refractivity contribution in [2.24, 2.45) is 0 Å². The molecule has 0 atom stereocenters. The van der Waals surface area contributed by atoms with E-state index in [9.17, 15) is 12.8 Å². The third-order valence-corrected chi connectivity index (χ3v) is 4.61. The largest absolute Gasteiger partial charge is 0.369 e. The number of sulfone groups is 1. The van der Waals surface area contributed by atoms with Gasteiger partial charge in [-0.3, -0.25) is 0 Å². The molecule has 1 aromatic heterocycles. The van der Waals surface area contributed by atoms with Crippen molar-refractivity contribution in [2.45, 2.75) is 12.2 Å². The molecule has 1 heterocycles. The highest BCUT2D eigenvalue weighted by atomic mass is 32.2. The lowest BCUT2D eigenvalue weighted by molar-refractivity contribution is 0.601. The fourth-order valence-electron chi connectivity index (χ4n) is 2.60. The van der Waals surface area contributed by atoms with E-state index in [2.05, 4.69) is 15.3 Å². The van der Waals surface area contributed by atoms with Crippen LogP contribution in [0.15, 0.2) is 48.8 Å². The van der Waals surface area contributed by atoms with Crippen molar-refractivity contribution in [3.63, 3.8) is 0 Å². The first-order chi connectivity index (χ1) is 11.9. The molecule has 0 aliphatic rings. The normalized spacial score (nSPS) is 11.6. The first kappa shape index (κ1) is 17.3. The van der Waals surface area contributed by atoms with Crippen molar-refractivity contribution in [3.8, 4) is 0 Å². The summed E-state index contributed by atoms with van der Waals surface area (Å²) in [6, 6.07) is 11.9. The number of fused-ring (bicyclic) bond motifs is 1. The van der Waals surface area contributed by atoms with Crippen molar-refractivity contribution in [1.29, 1.82) is 0 Å². The van der Waals surface area contributed by atoms with E-state index in [0.29, 0.717) is 23.3 Å². The van der Waals surface area contributed by atoms with Gasteiger partial charge in [0.25, 0.3) is 0 Å². The number of aromatic nitrogens is 2. The molecular formula is C18H18FN3O2S. The minimum absolute atomic E-state index is 0.0457. The second-order valence-electron chi connectivity index (χ2n) is 5.95. The molecule has 0 aliphatic heterocycles. The SMILES string of the molecule is CS(=O)(=O)Cc1ccc(CCNc2ncnc3ccc(F)cc23)cc1. The first-order valence-corrected chi connectivity index (χ1v) is 9.86. The Morgan fingerprint density at radius 2 is 1.76 bits per heavy atom. The molecule has 0 amide bonds. The predicted octanol–water partition coefficient (Wildman–Crippen LogP) is 2.97. The minimum atomic E-state index is -3.02. The summed E-state index contributed by atoms with van der Waals surface area (Å²) in [5.41, 5.74) is 2.54. The van der Waals surface area contributed by atoms with Crippen molar-refractivity contribution in [2.75, 3.05) is 18.1 Å². The average Bonchev–Trinajstić information content (AvgIpc) is 2.55. The second kappa shape index (κ2) is 7.14. The number of benzene rings is 2. The van der Waals surface area contributed by atoms with E-state index in [1.165, 1.54) is 24.7 Å². The minimum Gasteiger partial charge on any atom is -0.369 e. The molecule has 0 spiro atoms. The summed E-state index contributed by atoms with van der Waals surface area (Å²) in [7, 11) is -3.02. The Kier molecular flexibility index (Phi) is 4.94. The topological polar surface area (TPSA) is 72.0 Å². The zero-order valence-electron chi connectivity index (χ0n) is 13.7. The molecular weight excluding hydrogens is 341 g/mol. The number of anilines is 1. The molecule has 3 rings (SSSR count). The highest BCUT2D eigenvalue weighted by Crippen LogP contribution is 2.20. The fraction of sp³-hybridized carbons (Fsp3) is 0.222. The van der Waals surface area contributed by atoms with Crippen molar-refractivity contribution in [1.82, 2.24) is 9.97 Å². The molecule has 2 aromatic carbocycles. The van der Waals surface area contributed by atoms with Crippen LogP contribution in [-0.2, 0) is 22.0 Å². The molecule has 3 aromatic rings. The lowest BCUT2D eigenvalue weighted by atomic mass is 10.1. The van der Waals surface area contributed by atoms with Gasteiger partial charge in [-0.05, 0) is 35.7 Å². The van der Waals surface area contributed by atoms with Gasteiger partial charge in [-0.1, -0.05) is 24.3 Å². The van der Waals surface area contributed by atoms with E-state index in [1.54, 1.807) is 6.07 Å². The van der Waals surface area contributed by atoms with Gasteiger partial charge in [0.2, 0.25) is 0 Å². The Hall–Kier alpha value is -2.54. The number of hydrogen-bond donors (Lipinski definition) is 1. The quantitative estimate of drug-likeness (QED) is 0.733. The van der Waals surface area contributed by atoms with Crippen LogP contribution in [0.25, 0.3) is 10.9 Å². The first-order valence-electron chi connectivity index (χ1n) is 7.80. The summed E-state index contributed by atoms with van der Waals surface area (Å²) >= 11 is 0. The van der Waals surface area contributed by atoms with E-state index in [0.717, 1.165) is 17.5 Å². The van der Waals surface area contributed by atoms with Crippen molar-refractivity contribution < 1.29 is 12.8 Å². The van der Waals surface area contributed by atoms with E-state index >= 15 is 0 Å². The van der Waals surface area contributed by atoms with Crippen LogP contribution in [0.3, 0.4) is 0 Å². The second-order valence-corrected chi connectivity index (χ2v) is 8.09. The predicted molar refractivity (Wildman–Crippen MR) is 96.7 cm³/mol. The van der Waals surface area contributed by atoms with Gasteiger partial charge in [0, 0.05) is 18.2 Å². The van der Waals surface area contributed by atoms with Gasteiger partial charge in [0.05, 0.1) is 11.3 Å². The molecule has 0 fully saturated rings. The molecule has 0 radical (unpaired) electrons. The van der Waals surface area contributed by atoms with Gasteiger partial charge in [0.15, 0.2) is 9.84 Å². The van der Waals surface area contributed by atoms with E-state index < -0.39 is 9.84 Å². The van der Waals surface area contributed by atoms with Crippen LogP contribution in [-0.4, -0.2) is 31.2 Å². The van der Waals surface area contributed by atoms with Gasteiger partial charge in [-0.2, -0.15) is 0 Å². The standard InChI is InChI=1S/C18H18FN3O2S/c1-25(23,24)11-14-4-2-13(3-5-14)8-9-20-18-16-10-15(19)6-7-17(16)21-12-22-18/h2-7,10,12H,8-9,11H2,1H3,(H,20,21,22). The van der Waals surface area contributed by atoms with Crippen LogP contribution in [0.1, 0.15) is 11.1 Å². The number of nitrogens with zero attached hydrogens (tertiary/aromatic N) is 2. The molecule has 1 N–H and O–H groups in total. The molecule has 5 nitrogen and oxygen atoms in total. The van der Waals surface area contributed by atoms with Crippen LogP contribution in [0.5, 0.6) is 0 Å². The lowest BCUT2D eigenvalue weighted by Gasteiger charge is -2.09. The number of nitrogens with one attached hydrogen (secondary N) is 1. The maximum atomic E-state index is 13.4. The molecule has 7 heteroatoms. The van der Waals surface area contributed by atoms with Crippen LogP contribution < -0.4 is 5.32 Å². The third-order valence-electron chi connectivity index (χ3n) is 3.76. The zero-order valence-corrected chi connectivity index (χ0v) is 14.6. The van der Waals surface area contributed by atoms with E-state index in [-0.39, 0.29) is 11.6 Å². The number of hydrogen-bond acceptors (Lipinski definition) is 5. The maximum absolute atomic E-state index is 13.4. The molecule has 25 heavy (non-hydrogen) atoms. The Balaban J connectivity index is 1.64. The lowest BCUT2D eigenvalue weighted by Crippen LogP contribution is -2.07. The molecule has 130 valence electrons. The van der Waals surface area contributed by atoms with Crippen LogP contribution in [0.4, 0.5) is 10.2 Å². The average molecular weight is 359 g/mol. The van der Waals surface area contributed by atoms with E-state index in [1.807, 2.05) is 24.3 Å². The molecule has 0 aliphatic carbocycles. The zero-order chi connectivity index (χ0) is 17.9. The van der Waals surface area contributed by atoms with Crippen molar-refractivity contribution in [3.05, 3.63) is 65.7 Å². The summed E-state index contributed by atoms with van der Waals surface area (Å²) in [5.74, 6) is 0.314. The number of rotatable bonds is 6. The van der Waals surface area contributed by atoms with Gasteiger partial charge in [-0.15, -0.1) is 0 Å². The van der Waals surface area contributed by atoms with Gasteiger partial charge in [0.1, 0.15) is 18.0 Å². The highest BCUT2D eigenvalue weighted by Gasteiger charge is 2.06. The summed E-state index contributed by atoms with van der Waals surface area (Å²) in [6.45, 7) is 0.619. The Labute approximate surface area is 145 Å². The van der Waals surface area contributed by atoms with E-state index in [4.69, 9.17) is 0 Å². The summed E-state index contributed by atoms with van der Waals surface area (Å²) in [6.07, 6.45) is 3.40. The Morgan fingerprint density at radius 1 is 1.04 bits per heavy atom. The van der Waals surface area contributed by atoms with Gasteiger partial charge < -0.3 is 5.32 Å². The van der Waals surface area contributed by atoms with Crippen LogP contribution in [0, 0.1) is 5.82 Å². The van der Waals surface area contributed by atoms with Crippen LogP contribution >= 0.6 is 0 Å². The monoisotopic (exact) mass is 359 g/mol. The summed E-state index contributed by atoms with van der Waals surface area (Å²) in [4.78, 5) is 8.30. The van der Waals surface area contributed by atoms with Gasteiger partial charge in [-0.25, -0.2) is 22.8 Å².